The molecule has 0 saturated heterocycles. The third-order valence-electron chi connectivity index (χ3n) is 7.19. The zero-order chi connectivity index (χ0) is 33.9. The van der Waals surface area contributed by atoms with Crippen LogP contribution in [0.2, 0.25) is 0 Å². The summed E-state index contributed by atoms with van der Waals surface area (Å²) in [6.07, 6.45) is 1.06. The van der Waals surface area contributed by atoms with E-state index in [0.29, 0.717) is 51.1 Å². The highest BCUT2D eigenvalue weighted by molar-refractivity contribution is 5.68. The minimum atomic E-state index is -3.54. The maximum Gasteiger partial charge on any atom is 0.407 e. The van der Waals surface area contributed by atoms with Gasteiger partial charge in [-0.05, 0) is 61.9 Å². The first-order valence-corrected chi connectivity index (χ1v) is 15.8. The summed E-state index contributed by atoms with van der Waals surface area (Å²) in [6.45, 7) is 17.3. The number of nitrogens with one attached hydrogen (secondary N) is 3. The molecule has 0 bridgehead atoms. The highest BCUT2D eigenvalue weighted by atomic mass is 19.3. The fourth-order valence-corrected chi connectivity index (χ4v) is 5.42. The summed E-state index contributed by atoms with van der Waals surface area (Å²) in [6, 6.07) is -0.304. The molecule has 1 fully saturated rings. The number of allylic oxidation sites excluding steroid dienone is 1. The van der Waals surface area contributed by atoms with Gasteiger partial charge in [-0.25, -0.2) is 14.4 Å². The van der Waals surface area contributed by atoms with Crippen molar-refractivity contribution in [1.29, 1.82) is 0 Å². The van der Waals surface area contributed by atoms with E-state index in [-0.39, 0.29) is 36.7 Å². The van der Waals surface area contributed by atoms with Gasteiger partial charge in [-0.1, -0.05) is 60.1 Å². The van der Waals surface area contributed by atoms with Gasteiger partial charge in [0.05, 0.1) is 26.4 Å². The van der Waals surface area contributed by atoms with Gasteiger partial charge in [-0.2, -0.15) is 8.78 Å². The predicted octanol–water partition coefficient (Wildman–Crippen LogP) is 6.83. The molecule has 0 aromatic rings. The lowest BCUT2D eigenvalue weighted by atomic mass is 9.62. The average molecular weight is 648 g/mol. The number of ether oxygens (including phenoxy) is 5. The summed E-state index contributed by atoms with van der Waals surface area (Å²) in [4.78, 5) is 36.2. The average Bonchev–Trinajstić information content (AvgIpc) is 2.94. The van der Waals surface area contributed by atoms with Crippen molar-refractivity contribution in [2.45, 2.75) is 105 Å². The van der Waals surface area contributed by atoms with Crippen molar-refractivity contribution in [2.75, 3.05) is 46.1 Å². The Kier molecular flexibility index (Phi) is 17.9. The Morgan fingerprint density at radius 2 is 1.42 bits per heavy atom. The van der Waals surface area contributed by atoms with Gasteiger partial charge in [0, 0.05) is 12.6 Å². The number of halogens is 2. The molecule has 2 unspecified atom stereocenters. The van der Waals surface area contributed by atoms with Crippen LogP contribution in [0, 0.1) is 10.8 Å². The van der Waals surface area contributed by atoms with Crippen LogP contribution >= 0.6 is 0 Å². The molecule has 1 aliphatic carbocycles. The van der Waals surface area contributed by atoms with Crippen LogP contribution in [0.1, 0.15) is 92.4 Å². The van der Waals surface area contributed by atoms with Crippen LogP contribution in [-0.2, 0) is 23.7 Å². The van der Waals surface area contributed by atoms with Gasteiger partial charge in [-0.3, -0.25) is 0 Å². The second kappa shape index (κ2) is 20.1. The summed E-state index contributed by atoms with van der Waals surface area (Å²) >= 11 is 0. The van der Waals surface area contributed by atoms with E-state index < -0.39 is 31.0 Å². The number of carbonyl (C=O) groups excluding carboxylic acids is 3. The van der Waals surface area contributed by atoms with Crippen LogP contribution in [0.15, 0.2) is 24.5 Å². The molecule has 11 nitrogen and oxygen atoms in total. The minimum absolute atomic E-state index is 0.131. The van der Waals surface area contributed by atoms with Crippen LogP contribution in [0.25, 0.3) is 0 Å². The quantitative estimate of drug-likeness (QED) is 0.0535. The van der Waals surface area contributed by atoms with Gasteiger partial charge in [0.2, 0.25) is 0 Å². The SMILES string of the molecule is C=C(C)C(=C)OCCNC(=O)OCCCCCCCOC(=O)NCC1(C)CC(NC(=O)OCC(F)(F)OCCC)CC(C)(C)C1. The van der Waals surface area contributed by atoms with Gasteiger partial charge < -0.3 is 39.6 Å². The van der Waals surface area contributed by atoms with Crippen molar-refractivity contribution >= 4 is 18.3 Å². The molecule has 1 saturated carbocycles. The van der Waals surface area contributed by atoms with E-state index in [0.717, 1.165) is 37.7 Å². The largest absolute Gasteiger partial charge is 0.492 e. The normalized spacial score (nSPS) is 19.1. The number of alkyl carbamates (subject to hydrolysis) is 3. The van der Waals surface area contributed by atoms with Crippen molar-refractivity contribution in [3.63, 3.8) is 0 Å². The Morgan fingerprint density at radius 3 is 2.02 bits per heavy atom. The summed E-state index contributed by atoms with van der Waals surface area (Å²) in [5.41, 5.74) is 0.229. The van der Waals surface area contributed by atoms with Gasteiger partial charge >= 0.3 is 24.4 Å². The molecule has 2 atom stereocenters. The molecular formula is C32H55F2N3O8. The highest BCUT2D eigenvalue weighted by Gasteiger charge is 2.42. The van der Waals surface area contributed by atoms with Crippen LogP contribution in [0.5, 0.6) is 0 Å². The first-order valence-electron chi connectivity index (χ1n) is 15.8. The molecule has 260 valence electrons. The Balaban J connectivity index is 2.21. The van der Waals surface area contributed by atoms with Crippen molar-refractivity contribution in [1.82, 2.24) is 16.0 Å². The summed E-state index contributed by atoms with van der Waals surface area (Å²) in [5, 5.41) is 8.15. The first-order chi connectivity index (χ1) is 21.1. The number of hydrogen-bond acceptors (Lipinski definition) is 8. The standard InChI is InChI=1S/C32H55F2N3O8/c1-8-15-45-32(33,34)23-44-29(40)37-26-19-30(5,6)21-31(7,20-26)22-36-28(39)43-17-13-11-9-10-12-16-42-27(38)35-14-18-41-25(4)24(2)3/h26H,2,4,8-23H2,1,3,5-7H3,(H,35,38)(H,36,39)(H,37,40). The Hall–Kier alpha value is -3.09. The molecule has 0 aromatic carbocycles. The van der Waals surface area contributed by atoms with E-state index in [1.54, 1.807) is 13.8 Å². The van der Waals surface area contributed by atoms with E-state index in [4.69, 9.17) is 18.9 Å². The molecule has 0 aromatic heterocycles. The molecule has 0 spiro atoms. The smallest absolute Gasteiger partial charge is 0.407 e. The number of amides is 3. The molecule has 0 heterocycles. The molecule has 3 amide bonds. The van der Waals surface area contributed by atoms with E-state index >= 15 is 0 Å². The second-order valence-electron chi connectivity index (χ2n) is 12.8. The lowest BCUT2D eigenvalue weighted by molar-refractivity contribution is -0.256. The number of unbranched alkanes of at least 4 members (excludes halogenated alkanes) is 4. The number of carbonyl (C=O) groups is 3. The Morgan fingerprint density at radius 1 is 0.822 bits per heavy atom. The van der Waals surface area contributed by atoms with E-state index in [9.17, 15) is 23.2 Å². The van der Waals surface area contributed by atoms with Crippen molar-refractivity contribution in [3.05, 3.63) is 24.5 Å². The third-order valence-corrected chi connectivity index (χ3v) is 7.19. The molecule has 1 aliphatic rings. The lowest BCUT2D eigenvalue weighted by Crippen LogP contribution is -2.50. The monoisotopic (exact) mass is 647 g/mol. The van der Waals surface area contributed by atoms with Gasteiger partial charge in [0.25, 0.3) is 0 Å². The van der Waals surface area contributed by atoms with E-state index in [2.05, 4.69) is 47.7 Å². The van der Waals surface area contributed by atoms with Crippen molar-refractivity contribution < 1.29 is 46.8 Å². The van der Waals surface area contributed by atoms with Crippen LogP contribution in [0.4, 0.5) is 23.2 Å². The third kappa shape index (κ3) is 19.1. The molecule has 0 aliphatic heterocycles. The zero-order valence-electron chi connectivity index (χ0n) is 27.8. The van der Waals surface area contributed by atoms with Gasteiger partial charge in [0.15, 0.2) is 6.61 Å². The van der Waals surface area contributed by atoms with Crippen LogP contribution in [-0.4, -0.2) is 76.6 Å². The van der Waals surface area contributed by atoms with Crippen LogP contribution in [0.3, 0.4) is 0 Å². The van der Waals surface area contributed by atoms with E-state index in [1.807, 2.05) is 6.92 Å². The highest BCUT2D eigenvalue weighted by Crippen LogP contribution is 2.45. The summed E-state index contributed by atoms with van der Waals surface area (Å²) < 4.78 is 52.2. The lowest BCUT2D eigenvalue weighted by Gasteiger charge is -2.46. The predicted molar refractivity (Wildman–Crippen MR) is 167 cm³/mol. The minimum Gasteiger partial charge on any atom is -0.492 e. The Bertz CT molecular complexity index is 963. The summed E-state index contributed by atoms with van der Waals surface area (Å²) in [7, 11) is 0. The molecule has 1 rings (SSSR count). The van der Waals surface area contributed by atoms with Gasteiger partial charge in [0.1, 0.15) is 12.4 Å². The fourth-order valence-electron chi connectivity index (χ4n) is 5.42. The Labute approximate surface area is 267 Å². The molecule has 0 radical (unpaired) electrons. The number of rotatable bonds is 21. The summed E-state index contributed by atoms with van der Waals surface area (Å²) in [5.74, 6) is 0.490. The maximum atomic E-state index is 13.7. The fraction of sp³-hybridized carbons (Fsp3) is 0.781. The van der Waals surface area contributed by atoms with E-state index in [1.165, 1.54) is 0 Å². The van der Waals surface area contributed by atoms with Gasteiger partial charge in [-0.15, -0.1) is 0 Å². The van der Waals surface area contributed by atoms with Crippen LogP contribution < -0.4 is 16.0 Å². The topological polar surface area (TPSA) is 133 Å². The van der Waals surface area contributed by atoms with Crippen molar-refractivity contribution in [2.24, 2.45) is 10.8 Å². The second-order valence-corrected chi connectivity index (χ2v) is 12.8. The molecule has 45 heavy (non-hydrogen) atoms. The molecule has 13 heteroatoms. The van der Waals surface area contributed by atoms with Crippen molar-refractivity contribution in [3.8, 4) is 0 Å². The zero-order valence-corrected chi connectivity index (χ0v) is 27.8. The maximum absolute atomic E-state index is 13.7. The number of hydrogen-bond donors (Lipinski definition) is 3. The number of alkyl halides is 2. The molecule has 3 N–H and O–H groups in total. The molecular weight excluding hydrogens is 592 g/mol. The first kappa shape index (κ1) is 39.9.